The minimum atomic E-state index is -0.365. The van der Waals surface area contributed by atoms with Crippen molar-refractivity contribution in [3.63, 3.8) is 0 Å². The average molecular weight is 618 g/mol. The molecule has 45 heavy (non-hydrogen) atoms. The van der Waals surface area contributed by atoms with E-state index in [4.69, 9.17) is 18.9 Å². The summed E-state index contributed by atoms with van der Waals surface area (Å²) in [6.45, 7) is 7.47. The first-order chi connectivity index (χ1) is 21.9. The first-order valence-corrected chi connectivity index (χ1v) is 15.1. The molecule has 2 aromatic heterocycles. The number of rotatable bonds is 19. The van der Waals surface area contributed by atoms with Gasteiger partial charge in [0.05, 0.1) is 50.0 Å². The molecule has 0 fully saturated rings. The van der Waals surface area contributed by atoms with E-state index < -0.39 is 0 Å². The summed E-state index contributed by atoms with van der Waals surface area (Å²) in [5.41, 5.74) is 3.90. The second kappa shape index (κ2) is 17.8. The number of Topliss-reactive ketones (excluding diaryl/α,β-unsaturated/α-hetero) is 1. The van der Waals surface area contributed by atoms with Crippen molar-refractivity contribution in [3.05, 3.63) is 101 Å². The summed E-state index contributed by atoms with van der Waals surface area (Å²) in [4.78, 5) is 32.6. The first-order valence-electron chi connectivity index (χ1n) is 15.1. The zero-order valence-electron chi connectivity index (χ0n) is 25.8. The first kappa shape index (κ1) is 33.5. The fourth-order valence-electron chi connectivity index (χ4n) is 4.47. The molecule has 0 aliphatic rings. The molecule has 9 nitrogen and oxygen atoms in total. The highest BCUT2D eigenvalue weighted by molar-refractivity contribution is 5.95. The molecule has 2 aromatic carbocycles. The van der Waals surface area contributed by atoms with Gasteiger partial charge in [-0.05, 0) is 54.8 Å². The lowest BCUT2D eigenvalue weighted by molar-refractivity contribution is -0.117. The van der Waals surface area contributed by atoms with Crippen LogP contribution >= 0.6 is 0 Å². The van der Waals surface area contributed by atoms with Gasteiger partial charge in [-0.25, -0.2) is 4.39 Å². The largest absolute Gasteiger partial charge is 0.457 e. The molecular formula is C35H40FN3O6. The van der Waals surface area contributed by atoms with E-state index in [1.165, 1.54) is 6.07 Å². The molecular weight excluding hydrogens is 577 g/mol. The number of pyridine rings is 1. The molecule has 0 saturated carbocycles. The van der Waals surface area contributed by atoms with Gasteiger partial charge >= 0.3 is 0 Å². The Hall–Kier alpha value is -4.38. The lowest BCUT2D eigenvalue weighted by atomic mass is 10.0. The molecule has 0 aliphatic heterocycles. The Kier molecular flexibility index (Phi) is 13.3. The number of nitrogens with one attached hydrogen (secondary N) is 2. The standard InChI is InChI=1S/C35H40FN3O6/c1-3-13-42-15-17-44-18-16-43-14-12-38-35(41)28-22-33(39-24-28)34-23-31(10-11-37-34)45-30-7-5-26(6-8-30)20-29(40)21-27-19-25(2)4-9-32(27)36/h4-11,19,22-24,39H,3,12-18,20-21H2,1-2H3,(H,38,41). The zero-order chi connectivity index (χ0) is 31.9. The zero-order valence-corrected chi connectivity index (χ0v) is 25.8. The van der Waals surface area contributed by atoms with Gasteiger partial charge in [0.2, 0.25) is 0 Å². The predicted molar refractivity (Wildman–Crippen MR) is 169 cm³/mol. The molecule has 238 valence electrons. The van der Waals surface area contributed by atoms with Crippen LogP contribution in [0.2, 0.25) is 0 Å². The number of hydrogen-bond donors (Lipinski definition) is 2. The normalized spacial score (nSPS) is 11.0. The van der Waals surface area contributed by atoms with Gasteiger partial charge in [0.1, 0.15) is 23.1 Å². The van der Waals surface area contributed by atoms with Crippen LogP contribution in [0.25, 0.3) is 11.4 Å². The lowest BCUT2D eigenvalue weighted by Gasteiger charge is -2.08. The third kappa shape index (κ3) is 11.2. The number of carbonyl (C=O) groups excluding carboxylic acids is 2. The number of aromatic amines is 1. The maximum absolute atomic E-state index is 14.0. The molecule has 2 heterocycles. The highest BCUT2D eigenvalue weighted by Crippen LogP contribution is 2.26. The Labute approximate surface area is 263 Å². The Morgan fingerprint density at radius 1 is 0.844 bits per heavy atom. The van der Waals surface area contributed by atoms with Crippen molar-refractivity contribution in [1.82, 2.24) is 15.3 Å². The van der Waals surface area contributed by atoms with E-state index in [0.29, 0.717) is 73.6 Å². The molecule has 10 heteroatoms. The number of ether oxygens (including phenoxy) is 4. The minimum Gasteiger partial charge on any atom is -0.457 e. The quantitative estimate of drug-likeness (QED) is 0.127. The maximum Gasteiger partial charge on any atom is 0.252 e. The predicted octanol–water partition coefficient (Wildman–Crippen LogP) is 5.86. The monoisotopic (exact) mass is 617 g/mol. The van der Waals surface area contributed by atoms with Gasteiger partial charge in [-0.15, -0.1) is 0 Å². The molecule has 0 spiro atoms. The summed E-state index contributed by atoms with van der Waals surface area (Å²) in [7, 11) is 0. The van der Waals surface area contributed by atoms with Gasteiger partial charge in [-0.3, -0.25) is 14.6 Å². The van der Waals surface area contributed by atoms with E-state index >= 15 is 0 Å². The van der Waals surface area contributed by atoms with Crippen LogP contribution < -0.4 is 10.1 Å². The second-order valence-electron chi connectivity index (χ2n) is 10.5. The van der Waals surface area contributed by atoms with Crippen LogP contribution in [0.15, 0.2) is 73.1 Å². The van der Waals surface area contributed by atoms with Gasteiger partial charge in [-0.1, -0.05) is 36.8 Å². The van der Waals surface area contributed by atoms with Crippen LogP contribution in [-0.2, 0) is 31.8 Å². The molecule has 0 aliphatic carbocycles. The smallest absolute Gasteiger partial charge is 0.252 e. The van der Waals surface area contributed by atoms with Gasteiger partial charge in [-0.2, -0.15) is 0 Å². The van der Waals surface area contributed by atoms with Gasteiger partial charge < -0.3 is 29.2 Å². The van der Waals surface area contributed by atoms with Crippen LogP contribution in [0.4, 0.5) is 4.39 Å². The summed E-state index contributed by atoms with van der Waals surface area (Å²) in [5, 5.41) is 2.84. The number of ketones is 1. The van der Waals surface area contributed by atoms with Crippen LogP contribution in [-0.4, -0.2) is 67.8 Å². The summed E-state index contributed by atoms with van der Waals surface area (Å²) < 4.78 is 36.3. The molecule has 0 saturated heterocycles. The van der Waals surface area contributed by atoms with Crippen LogP contribution in [0.5, 0.6) is 11.5 Å². The molecule has 0 atom stereocenters. The maximum atomic E-state index is 14.0. The van der Waals surface area contributed by atoms with Crippen molar-refractivity contribution in [2.75, 3.05) is 46.2 Å². The number of aromatic nitrogens is 2. The lowest BCUT2D eigenvalue weighted by Crippen LogP contribution is -2.27. The molecule has 2 N–H and O–H groups in total. The number of hydrogen-bond acceptors (Lipinski definition) is 7. The molecule has 0 bridgehead atoms. The van der Waals surface area contributed by atoms with E-state index in [1.807, 2.05) is 19.1 Å². The van der Waals surface area contributed by atoms with E-state index in [-0.39, 0.29) is 30.3 Å². The van der Waals surface area contributed by atoms with Crippen molar-refractivity contribution in [2.45, 2.75) is 33.1 Å². The van der Waals surface area contributed by atoms with Gasteiger partial charge in [0.25, 0.3) is 5.91 Å². The minimum absolute atomic E-state index is 0.0497. The van der Waals surface area contributed by atoms with Crippen molar-refractivity contribution in [2.24, 2.45) is 0 Å². The number of H-pyrrole nitrogens is 1. The number of benzene rings is 2. The number of carbonyl (C=O) groups is 2. The topological polar surface area (TPSA) is 112 Å². The third-order valence-corrected chi connectivity index (χ3v) is 6.73. The third-order valence-electron chi connectivity index (χ3n) is 6.73. The number of aryl methyl sites for hydroxylation is 1. The highest BCUT2D eigenvalue weighted by atomic mass is 19.1. The van der Waals surface area contributed by atoms with Gasteiger partial charge in [0, 0.05) is 44.5 Å². The van der Waals surface area contributed by atoms with E-state index in [9.17, 15) is 14.0 Å². The van der Waals surface area contributed by atoms with E-state index in [1.54, 1.807) is 54.9 Å². The number of amides is 1. The van der Waals surface area contributed by atoms with Crippen LogP contribution in [0.1, 0.15) is 40.4 Å². The Morgan fingerprint density at radius 3 is 2.33 bits per heavy atom. The van der Waals surface area contributed by atoms with Crippen molar-refractivity contribution >= 4 is 11.7 Å². The fourth-order valence-corrected chi connectivity index (χ4v) is 4.47. The summed E-state index contributed by atoms with van der Waals surface area (Å²) in [5.74, 6) is 0.504. The molecule has 0 unspecified atom stereocenters. The number of nitrogens with zero attached hydrogens (tertiary/aromatic N) is 1. The van der Waals surface area contributed by atoms with Crippen LogP contribution in [0.3, 0.4) is 0 Å². The van der Waals surface area contributed by atoms with Gasteiger partial charge in [0.15, 0.2) is 0 Å². The molecule has 4 rings (SSSR count). The Balaban J connectivity index is 1.20. The summed E-state index contributed by atoms with van der Waals surface area (Å²) in [6.07, 6.45) is 4.50. The molecule has 1 amide bonds. The van der Waals surface area contributed by atoms with Crippen LogP contribution in [0, 0.1) is 12.7 Å². The summed E-state index contributed by atoms with van der Waals surface area (Å²) >= 11 is 0. The highest BCUT2D eigenvalue weighted by Gasteiger charge is 2.12. The molecule has 0 radical (unpaired) electrons. The van der Waals surface area contributed by atoms with Crippen molar-refractivity contribution in [3.8, 4) is 22.9 Å². The number of halogens is 1. The van der Waals surface area contributed by atoms with Crippen molar-refractivity contribution in [1.29, 1.82) is 0 Å². The Morgan fingerprint density at radius 2 is 1.58 bits per heavy atom. The fraction of sp³-hybridized carbons (Fsp3) is 0.343. The van der Waals surface area contributed by atoms with E-state index in [0.717, 1.165) is 24.2 Å². The Bertz CT molecular complexity index is 1520. The second-order valence-corrected chi connectivity index (χ2v) is 10.5. The molecule has 4 aromatic rings. The average Bonchev–Trinajstić information content (AvgIpc) is 3.53. The van der Waals surface area contributed by atoms with E-state index in [2.05, 4.69) is 22.2 Å². The van der Waals surface area contributed by atoms with Crippen molar-refractivity contribution < 1.29 is 32.9 Å². The SMILES string of the molecule is CCCOCCOCCOCCNC(=O)c1c[nH]c(-c2cc(Oc3ccc(CC(=O)Cc4cc(C)ccc4F)cc3)ccn2)c1. The summed E-state index contributed by atoms with van der Waals surface area (Å²) in [6, 6.07) is 17.2.